The number of hydrogen-bond acceptors (Lipinski definition) is 3. The zero-order valence-corrected chi connectivity index (χ0v) is 16.9. The summed E-state index contributed by atoms with van der Waals surface area (Å²) in [6.45, 7) is 0.854. The van der Waals surface area contributed by atoms with Crippen LogP contribution in [-0.2, 0) is 13.2 Å². The van der Waals surface area contributed by atoms with Crippen LogP contribution in [0.2, 0.25) is 15.1 Å². The van der Waals surface area contributed by atoms with Crippen LogP contribution in [0.25, 0.3) is 0 Å². The highest BCUT2D eigenvalue weighted by Crippen LogP contribution is 2.35. The van der Waals surface area contributed by atoms with E-state index >= 15 is 0 Å². The van der Waals surface area contributed by atoms with Gasteiger partial charge in [-0.25, -0.2) is 0 Å². The molecule has 140 valence electrons. The first-order chi connectivity index (χ1) is 13.1. The van der Waals surface area contributed by atoms with Gasteiger partial charge in [0.15, 0.2) is 11.5 Å². The quantitative estimate of drug-likeness (QED) is 0.452. The highest BCUT2D eigenvalue weighted by atomic mass is 35.5. The minimum atomic E-state index is 0.282. The monoisotopic (exact) mass is 421 g/mol. The first-order valence-corrected chi connectivity index (χ1v) is 9.42. The second-order valence-electron chi connectivity index (χ2n) is 5.84. The predicted octanol–water partition coefficient (Wildman–Crippen LogP) is 6.85. The lowest BCUT2D eigenvalue weighted by Crippen LogP contribution is -2.03. The van der Waals surface area contributed by atoms with E-state index in [9.17, 15) is 0 Å². The number of halogens is 3. The highest BCUT2D eigenvalue weighted by Gasteiger charge is 2.12. The Kier molecular flexibility index (Phi) is 6.73. The standard InChI is InChI=1S/C21H18Cl3NO2/c1-26-20-9-15(12-25-17-5-3-2-4-6-17)19(24)11-21(20)27-13-14-7-8-16(22)10-18(14)23/h2-11,25H,12-13H2,1H3. The molecule has 3 rings (SSSR count). The van der Waals surface area contributed by atoms with E-state index < -0.39 is 0 Å². The molecule has 3 nitrogen and oxygen atoms in total. The fourth-order valence-electron chi connectivity index (χ4n) is 2.53. The summed E-state index contributed by atoms with van der Waals surface area (Å²) in [6.07, 6.45) is 0. The fourth-order valence-corrected chi connectivity index (χ4v) is 3.22. The van der Waals surface area contributed by atoms with Crippen molar-refractivity contribution in [1.29, 1.82) is 0 Å². The highest BCUT2D eigenvalue weighted by molar-refractivity contribution is 6.35. The Morgan fingerprint density at radius 1 is 0.815 bits per heavy atom. The number of benzene rings is 3. The predicted molar refractivity (Wildman–Crippen MR) is 113 cm³/mol. The Hall–Kier alpha value is -2.07. The van der Waals surface area contributed by atoms with E-state index in [-0.39, 0.29) is 6.61 Å². The Labute approximate surface area is 173 Å². The van der Waals surface area contributed by atoms with Crippen LogP contribution >= 0.6 is 34.8 Å². The molecule has 3 aromatic rings. The molecule has 0 spiro atoms. The Balaban J connectivity index is 1.73. The lowest BCUT2D eigenvalue weighted by atomic mass is 10.2. The van der Waals surface area contributed by atoms with Crippen molar-refractivity contribution >= 4 is 40.5 Å². The molecule has 0 aromatic heterocycles. The van der Waals surface area contributed by atoms with E-state index in [0.29, 0.717) is 33.1 Å². The van der Waals surface area contributed by atoms with Gasteiger partial charge in [0, 0.05) is 38.9 Å². The van der Waals surface area contributed by atoms with Crippen LogP contribution in [0, 0.1) is 0 Å². The van der Waals surface area contributed by atoms with Crippen molar-refractivity contribution in [2.24, 2.45) is 0 Å². The van der Waals surface area contributed by atoms with Crippen LogP contribution in [0.1, 0.15) is 11.1 Å². The molecule has 0 atom stereocenters. The van der Waals surface area contributed by atoms with Crippen molar-refractivity contribution in [3.8, 4) is 11.5 Å². The maximum atomic E-state index is 6.44. The van der Waals surface area contributed by atoms with Gasteiger partial charge in [-0.05, 0) is 35.9 Å². The van der Waals surface area contributed by atoms with Crippen molar-refractivity contribution in [2.45, 2.75) is 13.2 Å². The molecule has 0 radical (unpaired) electrons. The van der Waals surface area contributed by atoms with Gasteiger partial charge in [0.05, 0.1) is 7.11 Å². The second kappa shape index (κ2) is 9.23. The number of ether oxygens (including phenoxy) is 2. The zero-order chi connectivity index (χ0) is 19.2. The number of rotatable bonds is 7. The van der Waals surface area contributed by atoms with Crippen molar-refractivity contribution in [3.05, 3.63) is 86.9 Å². The van der Waals surface area contributed by atoms with Gasteiger partial charge in [0.25, 0.3) is 0 Å². The third-order valence-corrected chi connectivity index (χ3v) is 4.93. The summed E-state index contributed by atoms with van der Waals surface area (Å²) < 4.78 is 11.3. The minimum Gasteiger partial charge on any atom is -0.493 e. The Morgan fingerprint density at radius 2 is 1.56 bits per heavy atom. The van der Waals surface area contributed by atoms with E-state index in [1.165, 1.54) is 0 Å². The molecular formula is C21H18Cl3NO2. The van der Waals surface area contributed by atoms with Gasteiger partial charge in [0.1, 0.15) is 6.61 Å². The van der Waals surface area contributed by atoms with Crippen LogP contribution < -0.4 is 14.8 Å². The summed E-state index contributed by atoms with van der Waals surface area (Å²) in [6, 6.07) is 18.8. The van der Waals surface area contributed by atoms with Crippen LogP contribution in [-0.4, -0.2) is 7.11 Å². The Bertz CT molecular complexity index is 917. The first-order valence-electron chi connectivity index (χ1n) is 8.29. The number of hydrogen-bond donors (Lipinski definition) is 1. The normalized spacial score (nSPS) is 10.5. The molecule has 3 aromatic carbocycles. The van der Waals surface area contributed by atoms with E-state index in [1.807, 2.05) is 42.5 Å². The molecule has 0 fully saturated rings. The van der Waals surface area contributed by atoms with E-state index in [2.05, 4.69) is 5.32 Å². The molecule has 0 amide bonds. The maximum Gasteiger partial charge on any atom is 0.163 e. The summed E-state index contributed by atoms with van der Waals surface area (Å²) in [5.74, 6) is 1.16. The molecule has 0 saturated heterocycles. The van der Waals surface area contributed by atoms with Crippen LogP contribution in [0.5, 0.6) is 11.5 Å². The van der Waals surface area contributed by atoms with Gasteiger partial charge in [-0.3, -0.25) is 0 Å². The van der Waals surface area contributed by atoms with Crippen LogP contribution in [0.15, 0.2) is 60.7 Å². The lowest BCUT2D eigenvalue weighted by molar-refractivity contribution is 0.284. The molecule has 27 heavy (non-hydrogen) atoms. The molecule has 0 aliphatic heterocycles. The van der Waals surface area contributed by atoms with E-state index in [4.69, 9.17) is 44.3 Å². The second-order valence-corrected chi connectivity index (χ2v) is 7.09. The topological polar surface area (TPSA) is 30.5 Å². The largest absolute Gasteiger partial charge is 0.493 e. The van der Waals surface area contributed by atoms with E-state index in [0.717, 1.165) is 16.8 Å². The summed E-state index contributed by atoms with van der Waals surface area (Å²) in [7, 11) is 1.60. The van der Waals surface area contributed by atoms with Crippen molar-refractivity contribution in [2.75, 3.05) is 12.4 Å². The van der Waals surface area contributed by atoms with Gasteiger partial charge in [-0.15, -0.1) is 0 Å². The number of para-hydroxylation sites is 1. The molecule has 6 heteroatoms. The van der Waals surface area contributed by atoms with Crippen molar-refractivity contribution in [1.82, 2.24) is 0 Å². The SMILES string of the molecule is COc1cc(CNc2ccccc2)c(Cl)cc1OCc1ccc(Cl)cc1Cl. The molecule has 0 unspecified atom stereocenters. The van der Waals surface area contributed by atoms with Gasteiger partial charge in [-0.2, -0.15) is 0 Å². The fraction of sp³-hybridized carbons (Fsp3) is 0.143. The lowest BCUT2D eigenvalue weighted by Gasteiger charge is -2.15. The molecular weight excluding hydrogens is 405 g/mol. The third kappa shape index (κ3) is 5.23. The maximum absolute atomic E-state index is 6.44. The molecule has 0 bridgehead atoms. The summed E-state index contributed by atoms with van der Waals surface area (Å²) in [4.78, 5) is 0. The van der Waals surface area contributed by atoms with Gasteiger partial charge < -0.3 is 14.8 Å². The van der Waals surface area contributed by atoms with Gasteiger partial charge in [0.2, 0.25) is 0 Å². The summed E-state index contributed by atoms with van der Waals surface area (Å²) in [5, 5.41) is 5.06. The average Bonchev–Trinajstić information content (AvgIpc) is 2.67. The van der Waals surface area contributed by atoms with Gasteiger partial charge >= 0.3 is 0 Å². The average molecular weight is 423 g/mol. The van der Waals surface area contributed by atoms with Crippen molar-refractivity contribution < 1.29 is 9.47 Å². The van der Waals surface area contributed by atoms with Crippen LogP contribution in [0.3, 0.4) is 0 Å². The summed E-state index contributed by atoms with van der Waals surface area (Å²) >= 11 is 18.6. The van der Waals surface area contributed by atoms with Crippen molar-refractivity contribution in [3.63, 3.8) is 0 Å². The van der Waals surface area contributed by atoms with Gasteiger partial charge in [-0.1, -0.05) is 59.1 Å². The number of anilines is 1. The first kappa shape index (κ1) is 19.7. The molecule has 1 N–H and O–H groups in total. The molecule has 0 heterocycles. The smallest absolute Gasteiger partial charge is 0.163 e. The van der Waals surface area contributed by atoms with Crippen LogP contribution in [0.4, 0.5) is 5.69 Å². The number of nitrogens with one attached hydrogen (secondary N) is 1. The zero-order valence-electron chi connectivity index (χ0n) is 14.6. The Morgan fingerprint density at radius 3 is 2.26 bits per heavy atom. The van der Waals surface area contributed by atoms with E-state index in [1.54, 1.807) is 25.3 Å². The molecule has 0 aliphatic carbocycles. The molecule has 0 aliphatic rings. The molecule has 0 saturated carbocycles. The minimum absolute atomic E-state index is 0.282. The summed E-state index contributed by atoms with van der Waals surface area (Å²) in [5.41, 5.74) is 2.76. The third-order valence-electron chi connectivity index (χ3n) is 3.99. The number of methoxy groups -OCH3 is 1.